The van der Waals surface area contributed by atoms with Crippen LogP contribution in [-0.2, 0) is 6.54 Å². The van der Waals surface area contributed by atoms with Crippen molar-refractivity contribution in [2.75, 3.05) is 6.61 Å². The molecule has 0 bridgehead atoms. The molecule has 5 aromatic rings. The Bertz CT molecular complexity index is 1480. The number of hydrogen-bond acceptors (Lipinski definition) is 3. The molecule has 5 nitrogen and oxygen atoms in total. The van der Waals surface area contributed by atoms with Gasteiger partial charge in [0.15, 0.2) is 0 Å². The zero-order valence-electron chi connectivity index (χ0n) is 18.9. The van der Waals surface area contributed by atoms with Gasteiger partial charge in [0.25, 0.3) is 0 Å². The summed E-state index contributed by atoms with van der Waals surface area (Å²) >= 11 is 0. The van der Waals surface area contributed by atoms with Gasteiger partial charge in [0, 0.05) is 23.4 Å². The molecule has 0 unspecified atom stereocenters. The van der Waals surface area contributed by atoms with E-state index in [1.54, 1.807) is 0 Å². The third-order valence-electron chi connectivity index (χ3n) is 6.07. The SMILES string of the molecule is Cc1ccccc1-c1cccc2c1cc(OC(=O)O)n2CCCOc1cccc2ccccc12. The highest BCUT2D eigenvalue weighted by atomic mass is 16.7. The van der Waals surface area contributed by atoms with Crippen LogP contribution in [0.5, 0.6) is 11.6 Å². The fraction of sp³-hybridized carbons (Fsp3) is 0.138. The van der Waals surface area contributed by atoms with Crippen molar-refractivity contribution >= 4 is 27.8 Å². The summed E-state index contributed by atoms with van der Waals surface area (Å²) in [6, 6.07) is 30.2. The molecule has 1 aromatic heterocycles. The first-order valence-electron chi connectivity index (χ1n) is 11.3. The summed E-state index contributed by atoms with van der Waals surface area (Å²) in [5.74, 6) is 1.16. The molecule has 0 saturated heterocycles. The Morgan fingerprint density at radius 2 is 1.59 bits per heavy atom. The topological polar surface area (TPSA) is 60.7 Å². The van der Waals surface area contributed by atoms with Gasteiger partial charge in [-0.15, -0.1) is 0 Å². The lowest BCUT2D eigenvalue weighted by molar-refractivity contribution is 0.140. The minimum absolute atomic E-state index is 0.314. The van der Waals surface area contributed by atoms with E-state index in [0.29, 0.717) is 25.5 Å². The number of aryl methyl sites for hydroxylation is 2. The first kappa shape index (κ1) is 21.6. The van der Waals surface area contributed by atoms with Gasteiger partial charge in [0.05, 0.1) is 12.1 Å². The van der Waals surface area contributed by atoms with Crippen molar-refractivity contribution in [3.63, 3.8) is 0 Å². The lowest BCUT2D eigenvalue weighted by Crippen LogP contribution is -2.10. The van der Waals surface area contributed by atoms with Gasteiger partial charge in [-0.3, -0.25) is 0 Å². The largest absolute Gasteiger partial charge is 0.512 e. The van der Waals surface area contributed by atoms with Crippen LogP contribution in [0, 0.1) is 6.92 Å². The van der Waals surface area contributed by atoms with E-state index in [1.807, 2.05) is 59.2 Å². The van der Waals surface area contributed by atoms with Crippen molar-refractivity contribution in [2.45, 2.75) is 19.9 Å². The maximum absolute atomic E-state index is 11.4. The molecule has 4 aromatic carbocycles. The number of aromatic nitrogens is 1. The van der Waals surface area contributed by atoms with Gasteiger partial charge in [-0.25, -0.2) is 4.79 Å². The second-order valence-electron chi connectivity index (χ2n) is 8.23. The second-order valence-corrected chi connectivity index (χ2v) is 8.23. The lowest BCUT2D eigenvalue weighted by atomic mass is 9.98. The van der Waals surface area contributed by atoms with Crippen molar-refractivity contribution < 1.29 is 19.4 Å². The van der Waals surface area contributed by atoms with Crippen LogP contribution in [0.1, 0.15) is 12.0 Å². The first-order chi connectivity index (χ1) is 16.6. The van der Waals surface area contributed by atoms with Crippen LogP contribution >= 0.6 is 0 Å². The molecule has 1 heterocycles. The van der Waals surface area contributed by atoms with Gasteiger partial charge in [-0.1, -0.05) is 72.8 Å². The van der Waals surface area contributed by atoms with Crippen LogP contribution in [-0.4, -0.2) is 22.4 Å². The molecule has 1 N–H and O–H groups in total. The highest BCUT2D eigenvalue weighted by Crippen LogP contribution is 2.35. The van der Waals surface area contributed by atoms with E-state index in [0.717, 1.165) is 44.1 Å². The van der Waals surface area contributed by atoms with Crippen LogP contribution in [0.4, 0.5) is 4.79 Å². The van der Waals surface area contributed by atoms with Gasteiger partial charge in [0.2, 0.25) is 5.88 Å². The quantitative estimate of drug-likeness (QED) is 0.208. The van der Waals surface area contributed by atoms with Gasteiger partial charge < -0.3 is 19.1 Å². The first-order valence-corrected chi connectivity index (χ1v) is 11.3. The summed E-state index contributed by atoms with van der Waals surface area (Å²) in [5.41, 5.74) is 4.26. The average Bonchev–Trinajstić information content (AvgIpc) is 3.18. The van der Waals surface area contributed by atoms with Crippen molar-refractivity contribution in [1.29, 1.82) is 0 Å². The molecule has 0 aliphatic carbocycles. The number of rotatable bonds is 7. The average molecular weight is 452 g/mol. The number of carbonyl (C=O) groups is 1. The molecule has 5 rings (SSSR count). The lowest BCUT2D eigenvalue weighted by Gasteiger charge is -2.12. The van der Waals surface area contributed by atoms with Crippen LogP contribution in [0.15, 0.2) is 91.0 Å². The molecule has 34 heavy (non-hydrogen) atoms. The van der Waals surface area contributed by atoms with E-state index in [4.69, 9.17) is 9.47 Å². The number of hydrogen-bond donors (Lipinski definition) is 1. The zero-order chi connectivity index (χ0) is 23.5. The molecule has 0 amide bonds. The molecule has 0 aliphatic heterocycles. The molecule has 0 aliphatic rings. The van der Waals surface area contributed by atoms with Crippen molar-refractivity contribution in [1.82, 2.24) is 4.57 Å². The summed E-state index contributed by atoms with van der Waals surface area (Å²) in [5, 5.41) is 12.5. The van der Waals surface area contributed by atoms with Crippen molar-refractivity contribution in [3.8, 4) is 22.8 Å². The monoisotopic (exact) mass is 451 g/mol. The summed E-state index contributed by atoms with van der Waals surface area (Å²) < 4.78 is 13.2. The Labute approximate surface area is 197 Å². The van der Waals surface area contributed by atoms with E-state index in [1.165, 1.54) is 0 Å². The van der Waals surface area contributed by atoms with E-state index < -0.39 is 6.16 Å². The smallest absolute Gasteiger partial charge is 0.493 e. The van der Waals surface area contributed by atoms with E-state index in [-0.39, 0.29) is 0 Å². The zero-order valence-corrected chi connectivity index (χ0v) is 18.9. The number of nitrogens with zero attached hydrogens (tertiary/aromatic N) is 1. The van der Waals surface area contributed by atoms with E-state index >= 15 is 0 Å². The van der Waals surface area contributed by atoms with Crippen LogP contribution in [0.3, 0.4) is 0 Å². The Morgan fingerprint density at radius 3 is 2.44 bits per heavy atom. The van der Waals surface area contributed by atoms with Crippen LogP contribution in [0.25, 0.3) is 32.8 Å². The molecule has 170 valence electrons. The Balaban J connectivity index is 1.42. The van der Waals surface area contributed by atoms with Gasteiger partial charge in [-0.2, -0.15) is 0 Å². The molecule has 0 radical (unpaired) electrons. The third-order valence-corrected chi connectivity index (χ3v) is 6.07. The standard InChI is InChI=1S/C29H25NO4/c1-20-9-2-4-12-22(20)24-14-7-15-26-25(24)19-28(34-29(31)32)30(26)17-8-18-33-27-16-6-11-21-10-3-5-13-23(21)27/h2-7,9-16,19H,8,17-18H2,1H3,(H,31,32). The third kappa shape index (κ3) is 4.20. The molecule has 0 atom stereocenters. The molecule has 0 saturated carbocycles. The van der Waals surface area contributed by atoms with Gasteiger partial charge in [-0.05, 0) is 47.6 Å². The van der Waals surface area contributed by atoms with Crippen LogP contribution in [0.2, 0.25) is 0 Å². The van der Waals surface area contributed by atoms with E-state index in [2.05, 4.69) is 43.3 Å². The Morgan fingerprint density at radius 1 is 0.853 bits per heavy atom. The van der Waals surface area contributed by atoms with Crippen molar-refractivity contribution in [3.05, 3.63) is 96.6 Å². The maximum atomic E-state index is 11.4. The summed E-state index contributed by atoms with van der Waals surface area (Å²) in [6.45, 7) is 3.14. The maximum Gasteiger partial charge on any atom is 0.512 e. The van der Waals surface area contributed by atoms with E-state index in [9.17, 15) is 9.90 Å². The van der Waals surface area contributed by atoms with Gasteiger partial charge in [0.1, 0.15) is 5.75 Å². The Kier molecular flexibility index (Phi) is 5.91. The number of fused-ring (bicyclic) bond motifs is 2. The van der Waals surface area contributed by atoms with Gasteiger partial charge >= 0.3 is 6.16 Å². The predicted molar refractivity (Wildman–Crippen MR) is 135 cm³/mol. The highest BCUT2D eigenvalue weighted by molar-refractivity contribution is 5.97. The summed E-state index contributed by atoms with van der Waals surface area (Å²) in [7, 11) is 0. The fourth-order valence-electron chi connectivity index (χ4n) is 4.50. The second kappa shape index (κ2) is 9.32. The molecule has 5 heteroatoms. The highest BCUT2D eigenvalue weighted by Gasteiger charge is 2.16. The number of ether oxygens (including phenoxy) is 2. The van der Waals surface area contributed by atoms with Crippen LogP contribution < -0.4 is 9.47 Å². The molecular formula is C29H25NO4. The number of benzene rings is 4. The summed E-state index contributed by atoms with van der Waals surface area (Å²) in [6.07, 6.45) is -0.633. The Hall–Kier alpha value is -4.25. The number of carboxylic acid groups (broad SMARTS) is 1. The molecular weight excluding hydrogens is 426 g/mol. The summed E-state index contributed by atoms with van der Waals surface area (Å²) in [4.78, 5) is 11.4. The minimum atomic E-state index is -1.33. The minimum Gasteiger partial charge on any atom is -0.493 e. The van der Waals surface area contributed by atoms with Crippen molar-refractivity contribution in [2.24, 2.45) is 0 Å². The normalized spacial score (nSPS) is 11.1. The molecule has 0 spiro atoms. The molecule has 0 fully saturated rings. The predicted octanol–water partition coefficient (Wildman–Crippen LogP) is 7.30. The fourth-order valence-corrected chi connectivity index (χ4v) is 4.50.